The molecule has 0 bridgehead atoms. The van der Waals surface area contributed by atoms with E-state index in [0.29, 0.717) is 27.9 Å². The Hall–Kier alpha value is -3.72. The predicted molar refractivity (Wildman–Crippen MR) is 121 cm³/mol. The summed E-state index contributed by atoms with van der Waals surface area (Å²) in [6, 6.07) is 18.6. The second kappa shape index (κ2) is 8.97. The lowest BCUT2D eigenvalue weighted by Gasteiger charge is -2.07. The summed E-state index contributed by atoms with van der Waals surface area (Å²) in [4.78, 5) is 23.4. The molecule has 0 atom stereocenters. The van der Waals surface area contributed by atoms with Gasteiger partial charge in [0.2, 0.25) is 11.8 Å². The normalized spacial score (nSPS) is 10.8. The van der Waals surface area contributed by atoms with Crippen LogP contribution in [0.2, 0.25) is 0 Å². The van der Waals surface area contributed by atoms with Crippen molar-refractivity contribution in [1.82, 2.24) is 19.8 Å². The smallest absolute Gasteiger partial charge is 0.234 e. The van der Waals surface area contributed by atoms with Gasteiger partial charge in [-0.3, -0.25) is 9.59 Å². The first-order chi connectivity index (χ1) is 15.0. The summed E-state index contributed by atoms with van der Waals surface area (Å²) in [5.74, 6) is 0.563. The number of anilines is 2. The zero-order valence-corrected chi connectivity index (χ0v) is 17.8. The zero-order chi connectivity index (χ0) is 21.8. The number of aromatic nitrogens is 4. The predicted octanol–water partition coefficient (Wildman–Crippen LogP) is 3.79. The highest BCUT2D eigenvalue weighted by molar-refractivity contribution is 7.99. The van der Waals surface area contributed by atoms with Gasteiger partial charge in [-0.05, 0) is 43.3 Å². The molecule has 4 aromatic rings. The molecule has 8 nitrogen and oxygen atoms in total. The highest BCUT2D eigenvalue weighted by Crippen LogP contribution is 2.21. The molecule has 2 aromatic heterocycles. The maximum absolute atomic E-state index is 12.3. The molecule has 2 amide bonds. The molecule has 156 valence electrons. The molecule has 0 spiro atoms. The van der Waals surface area contributed by atoms with Gasteiger partial charge in [0.15, 0.2) is 11.5 Å². The quantitative estimate of drug-likeness (QED) is 0.450. The monoisotopic (exact) mass is 432 g/mol. The summed E-state index contributed by atoms with van der Waals surface area (Å²) >= 11 is 1.33. The van der Waals surface area contributed by atoms with Crippen molar-refractivity contribution in [1.29, 1.82) is 0 Å². The minimum atomic E-state index is -0.151. The standard InChI is InChI=1S/C22H20N6O2S/c1-14-3-5-16(6-4-14)22-26-25-19-11-12-21(27-28(19)22)31-13-20(30)24-18-9-7-17(8-10-18)23-15(2)29/h3-12H,13H2,1-2H3,(H,23,29)(H,24,30). The first kappa shape index (κ1) is 20.5. The van der Waals surface area contributed by atoms with Gasteiger partial charge in [-0.15, -0.1) is 10.2 Å². The summed E-state index contributed by atoms with van der Waals surface area (Å²) in [6.45, 7) is 3.48. The molecule has 0 saturated heterocycles. The van der Waals surface area contributed by atoms with Crippen LogP contribution in [0.25, 0.3) is 17.0 Å². The molecule has 0 saturated carbocycles. The van der Waals surface area contributed by atoms with Crippen molar-refractivity contribution in [2.24, 2.45) is 0 Å². The number of hydrogen-bond acceptors (Lipinski definition) is 6. The van der Waals surface area contributed by atoms with E-state index in [-0.39, 0.29) is 17.6 Å². The number of aryl methyl sites for hydroxylation is 1. The van der Waals surface area contributed by atoms with Crippen LogP contribution in [0.5, 0.6) is 0 Å². The van der Waals surface area contributed by atoms with Gasteiger partial charge in [-0.1, -0.05) is 41.6 Å². The number of thioether (sulfide) groups is 1. The number of fused-ring (bicyclic) bond motifs is 1. The highest BCUT2D eigenvalue weighted by Gasteiger charge is 2.11. The zero-order valence-electron chi connectivity index (χ0n) is 17.0. The lowest BCUT2D eigenvalue weighted by Crippen LogP contribution is -2.14. The van der Waals surface area contributed by atoms with Gasteiger partial charge in [-0.2, -0.15) is 9.61 Å². The molecule has 31 heavy (non-hydrogen) atoms. The molecular weight excluding hydrogens is 412 g/mol. The van der Waals surface area contributed by atoms with E-state index >= 15 is 0 Å². The third kappa shape index (κ3) is 5.07. The molecule has 2 aromatic carbocycles. The van der Waals surface area contributed by atoms with Gasteiger partial charge in [-0.25, -0.2) is 0 Å². The minimum Gasteiger partial charge on any atom is -0.326 e. The van der Waals surface area contributed by atoms with Crippen molar-refractivity contribution >= 4 is 40.6 Å². The Kier molecular flexibility index (Phi) is 5.94. The molecule has 0 aliphatic rings. The summed E-state index contributed by atoms with van der Waals surface area (Å²) in [5.41, 5.74) is 4.06. The van der Waals surface area contributed by atoms with Crippen LogP contribution in [0.3, 0.4) is 0 Å². The number of nitrogens with zero attached hydrogens (tertiary/aromatic N) is 4. The topological polar surface area (TPSA) is 101 Å². The molecule has 0 unspecified atom stereocenters. The Balaban J connectivity index is 1.41. The third-order valence-electron chi connectivity index (χ3n) is 4.39. The van der Waals surface area contributed by atoms with Crippen LogP contribution < -0.4 is 10.6 Å². The molecule has 4 rings (SSSR count). The van der Waals surface area contributed by atoms with Crippen LogP contribution >= 0.6 is 11.8 Å². The van der Waals surface area contributed by atoms with E-state index in [9.17, 15) is 9.59 Å². The van der Waals surface area contributed by atoms with Crippen LogP contribution in [-0.2, 0) is 9.59 Å². The first-order valence-corrected chi connectivity index (χ1v) is 10.6. The van der Waals surface area contributed by atoms with Crippen molar-refractivity contribution in [3.05, 3.63) is 66.2 Å². The van der Waals surface area contributed by atoms with Crippen molar-refractivity contribution in [2.45, 2.75) is 18.9 Å². The molecule has 2 heterocycles. The van der Waals surface area contributed by atoms with Gasteiger partial charge in [0.1, 0.15) is 5.03 Å². The van der Waals surface area contributed by atoms with E-state index in [1.54, 1.807) is 28.8 Å². The second-order valence-electron chi connectivity index (χ2n) is 6.93. The number of nitrogens with one attached hydrogen (secondary N) is 2. The van der Waals surface area contributed by atoms with Crippen LogP contribution in [0.4, 0.5) is 11.4 Å². The molecule has 0 aliphatic carbocycles. The minimum absolute atomic E-state index is 0.142. The summed E-state index contributed by atoms with van der Waals surface area (Å²) in [5, 5.41) is 19.2. The Labute approximate surface area is 183 Å². The SMILES string of the molecule is CC(=O)Nc1ccc(NC(=O)CSc2ccc3nnc(-c4ccc(C)cc4)n3n2)cc1. The summed E-state index contributed by atoms with van der Waals surface area (Å²) in [6.07, 6.45) is 0. The van der Waals surface area contributed by atoms with E-state index in [0.717, 1.165) is 11.1 Å². The Morgan fingerprint density at radius 1 is 0.903 bits per heavy atom. The van der Waals surface area contributed by atoms with E-state index in [1.807, 2.05) is 43.3 Å². The maximum atomic E-state index is 12.3. The molecule has 0 fully saturated rings. The Morgan fingerprint density at radius 2 is 1.58 bits per heavy atom. The van der Waals surface area contributed by atoms with Gasteiger partial charge >= 0.3 is 0 Å². The fraction of sp³-hybridized carbons (Fsp3) is 0.136. The van der Waals surface area contributed by atoms with Gasteiger partial charge in [0.25, 0.3) is 0 Å². The fourth-order valence-corrected chi connectivity index (χ4v) is 3.56. The van der Waals surface area contributed by atoms with Crippen LogP contribution in [0.1, 0.15) is 12.5 Å². The van der Waals surface area contributed by atoms with E-state index in [1.165, 1.54) is 18.7 Å². The van der Waals surface area contributed by atoms with E-state index < -0.39 is 0 Å². The molecule has 0 radical (unpaired) electrons. The third-order valence-corrected chi connectivity index (χ3v) is 5.31. The number of amides is 2. The number of rotatable bonds is 6. The van der Waals surface area contributed by atoms with Gasteiger partial charge < -0.3 is 10.6 Å². The summed E-state index contributed by atoms with van der Waals surface area (Å²) < 4.78 is 1.69. The van der Waals surface area contributed by atoms with Crippen LogP contribution in [0.15, 0.2) is 65.7 Å². The van der Waals surface area contributed by atoms with E-state index in [4.69, 9.17) is 0 Å². The lowest BCUT2D eigenvalue weighted by atomic mass is 10.1. The average molecular weight is 433 g/mol. The van der Waals surface area contributed by atoms with Crippen molar-refractivity contribution < 1.29 is 9.59 Å². The maximum Gasteiger partial charge on any atom is 0.234 e. The molecule has 9 heteroatoms. The average Bonchev–Trinajstić information content (AvgIpc) is 3.17. The Bertz CT molecular complexity index is 1240. The van der Waals surface area contributed by atoms with E-state index in [2.05, 4.69) is 25.9 Å². The van der Waals surface area contributed by atoms with Gasteiger partial charge in [0.05, 0.1) is 5.75 Å². The molecule has 0 aliphatic heterocycles. The van der Waals surface area contributed by atoms with Crippen LogP contribution in [-0.4, -0.2) is 37.4 Å². The number of carbonyl (C=O) groups is 2. The van der Waals surface area contributed by atoms with Gasteiger partial charge in [0, 0.05) is 23.9 Å². The Morgan fingerprint density at radius 3 is 2.26 bits per heavy atom. The number of hydrogen-bond donors (Lipinski definition) is 2. The molecular formula is C22H20N6O2S. The number of benzene rings is 2. The second-order valence-corrected chi connectivity index (χ2v) is 7.92. The fourth-order valence-electron chi connectivity index (χ4n) is 2.91. The molecule has 2 N–H and O–H groups in total. The highest BCUT2D eigenvalue weighted by atomic mass is 32.2. The largest absolute Gasteiger partial charge is 0.326 e. The number of carbonyl (C=O) groups excluding carboxylic acids is 2. The first-order valence-electron chi connectivity index (χ1n) is 9.58. The van der Waals surface area contributed by atoms with Crippen molar-refractivity contribution in [3.63, 3.8) is 0 Å². The summed E-state index contributed by atoms with van der Waals surface area (Å²) in [7, 11) is 0. The lowest BCUT2D eigenvalue weighted by molar-refractivity contribution is -0.114. The van der Waals surface area contributed by atoms with Crippen molar-refractivity contribution in [2.75, 3.05) is 16.4 Å². The van der Waals surface area contributed by atoms with Crippen molar-refractivity contribution in [3.8, 4) is 11.4 Å². The van der Waals surface area contributed by atoms with Crippen LogP contribution in [0, 0.1) is 6.92 Å².